The number of ether oxygens (including phenoxy) is 1. The van der Waals surface area contributed by atoms with Crippen LogP contribution in [0.3, 0.4) is 0 Å². The van der Waals surface area contributed by atoms with Gasteiger partial charge in [0, 0.05) is 55.4 Å². The summed E-state index contributed by atoms with van der Waals surface area (Å²) < 4.78 is 7.69. The summed E-state index contributed by atoms with van der Waals surface area (Å²) in [7, 11) is 0. The number of rotatable bonds is 5. The summed E-state index contributed by atoms with van der Waals surface area (Å²) in [4.78, 5) is 18.0. The molecule has 0 radical (unpaired) electrons. The predicted molar refractivity (Wildman–Crippen MR) is 127 cm³/mol. The normalized spacial score (nSPS) is 18.5. The van der Waals surface area contributed by atoms with Gasteiger partial charge in [-0.2, -0.15) is 5.10 Å². The Kier molecular flexibility index (Phi) is 5.45. The van der Waals surface area contributed by atoms with Crippen molar-refractivity contribution >= 4 is 27.8 Å². The number of β-amino-alcohol motifs (C(OH)–C–C–N with tert-alkyl or cyclic N) is 1. The first-order valence-electron chi connectivity index (χ1n) is 11.8. The summed E-state index contributed by atoms with van der Waals surface area (Å²) in [6.07, 6.45) is 5.88. The number of aliphatic hydroxyl groups excluding tert-OH is 1. The summed E-state index contributed by atoms with van der Waals surface area (Å²) in [6, 6.07) is 8.68. The molecule has 0 unspecified atom stereocenters. The Labute approximate surface area is 192 Å². The first-order valence-corrected chi connectivity index (χ1v) is 11.8. The van der Waals surface area contributed by atoms with Crippen molar-refractivity contribution in [2.45, 2.75) is 18.9 Å². The number of benzene rings is 1. The molecule has 4 aromatic rings. The number of likely N-dealkylation sites (tertiary alicyclic amines) is 1. The van der Waals surface area contributed by atoms with E-state index in [2.05, 4.69) is 43.7 Å². The molecule has 172 valence electrons. The number of morpholine rings is 1. The molecule has 6 rings (SSSR count). The monoisotopic (exact) mass is 447 g/mol. The van der Waals surface area contributed by atoms with Gasteiger partial charge in [-0.3, -0.25) is 0 Å². The number of fused-ring (bicyclic) bond motifs is 2. The van der Waals surface area contributed by atoms with Crippen LogP contribution in [0.4, 0.5) is 5.82 Å². The lowest BCUT2D eigenvalue weighted by Crippen LogP contribution is -2.37. The Hall–Kier alpha value is -3.01. The van der Waals surface area contributed by atoms with E-state index in [1.807, 2.05) is 12.4 Å². The summed E-state index contributed by atoms with van der Waals surface area (Å²) >= 11 is 0. The number of H-pyrrole nitrogens is 1. The van der Waals surface area contributed by atoms with Crippen molar-refractivity contribution in [1.82, 2.24) is 29.6 Å². The molecule has 5 heterocycles. The van der Waals surface area contributed by atoms with Gasteiger partial charge in [-0.15, -0.1) is 0 Å². The van der Waals surface area contributed by atoms with Crippen LogP contribution in [-0.2, 0) is 4.74 Å². The number of piperidine rings is 1. The molecule has 2 fully saturated rings. The maximum Gasteiger partial charge on any atom is 0.164 e. The van der Waals surface area contributed by atoms with Crippen LogP contribution in [0.1, 0.15) is 18.9 Å². The average molecular weight is 448 g/mol. The number of aliphatic hydroxyl groups is 1. The van der Waals surface area contributed by atoms with Gasteiger partial charge in [0.2, 0.25) is 0 Å². The highest BCUT2D eigenvalue weighted by Crippen LogP contribution is 2.32. The molecule has 0 spiro atoms. The van der Waals surface area contributed by atoms with Gasteiger partial charge >= 0.3 is 0 Å². The number of aromatic nitrogens is 5. The van der Waals surface area contributed by atoms with Crippen molar-refractivity contribution in [2.24, 2.45) is 0 Å². The smallest absolute Gasteiger partial charge is 0.164 e. The maximum atomic E-state index is 9.26. The standard InChI is InChI=1S/C24H29N7O2/c32-12-9-29-7-4-19(5-8-29)31-24-20(16-26-31)23(30-10-13-33-14-11-30)27-22(28-24)18-1-2-21-17(15-18)3-6-25-21/h1-3,6,15-16,19,25,32H,4-5,7-14H2. The van der Waals surface area contributed by atoms with Crippen molar-refractivity contribution in [1.29, 1.82) is 0 Å². The van der Waals surface area contributed by atoms with Crippen LogP contribution in [0.25, 0.3) is 33.3 Å². The quantitative estimate of drug-likeness (QED) is 0.485. The molecule has 2 N–H and O–H groups in total. The largest absolute Gasteiger partial charge is 0.395 e. The SMILES string of the molecule is OCCN1CCC(n2ncc3c(N4CCOCC4)nc(-c4ccc5[nH]ccc5c4)nc32)CC1. The van der Waals surface area contributed by atoms with E-state index in [0.29, 0.717) is 19.3 Å². The second kappa shape index (κ2) is 8.74. The van der Waals surface area contributed by atoms with E-state index in [1.165, 1.54) is 0 Å². The fraction of sp³-hybridized carbons (Fsp3) is 0.458. The molecule has 2 saturated heterocycles. The molecule has 33 heavy (non-hydrogen) atoms. The molecular formula is C24H29N7O2. The zero-order valence-electron chi connectivity index (χ0n) is 18.7. The number of hydrogen-bond acceptors (Lipinski definition) is 7. The fourth-order valence-corrected chi connectivity index (χ4v) is 5.04. The lowest BCUT2D eigenvalue weighted by Gasteiger charge is -2.31. The summed E-state index contributed by atoms with van der Waals surface area (Å²) in [6.45, 7) is 5.90. The Balaban J connectivity index is 1.43. The fourth-order valence-electron chi connectivity index (χ4n) is 5.04. The minimum atomic E-state index is 0.209. The molecule has 9 nitrogen and oxygen atoms in total. The highest BCUT2D eigenvalue weighted by molar-refractivity contribution is 5.90. The zero-order chi connectivity index (χ0) is 22.2. The maximum absolute atomic E-state index is 9.26. The Bertz CT molecular complexity index is 1250. The van der Waals surface area contributed by atoms with Gasteiger partial charge in [0.25, 0.3) is 0 Å². The number of anilines is 1. The van der Waals surface area contributed by atoms with Gasteiger partial charge < -0.3 is 24.6 Å². The van der Waals surface area contributed by atoms with Crippen molar-refractivity contribution in [3.8, 4) is 11.4 Å². The van der Waals surface area contributed by atoms with E-state index in [0.717, 1.165) is 84.7 Å². The first-order chi connectivity index (χ1) is 16.3. The van der Waals surface area contributed by atoms with Crippen LogP contribution in [0.15, 0.2) is 36.7 Å². The van der Waals surface area contributed by atoms with Crippen molar-refractivity contribution in [2.75, 3.05) is 57.4 Å². The highest BCUT2D eigenvalue weighted by atomic mass is 16.5. The molecule has 2 aliphatic rings. The van der Waals surface area contributed by atoms with Gasteiger partial charge in [0.1, 0.15) is 5.82 Å². The van der Waals surface area contributed by atoms with E-state index in [9.17, 15) is 5.11 Å². The minimum Gasteiger partial charge on any atom is -0.395 e. The van der Waals surface area contributed by atoms with E-state index in [4.69, 9.17) is 19.8 Å². The van der Waals surface area contributed by atoms with Crippen LogP contribution in [0.5, 0.6) is 0 Å². The molecular weight excluding hydrogens is 418 g/mol. The number of nitrogens with one attached hydrogen (secondary N) is 1. The zero-order valence-corrected chi connectivity index (χ0v) is 18.7. The number of nitrogens with zero attached hydrogens (tertiary/aromatic N) is 6. The van der Waals surface area contributed by atoms with Crippen molar-refractivity contribution in [3.05, 3.63) is 36.7 Å². The van der Waals surface area contributed by atoms with E-state index in [1.54, 1.807) is 0 Å². The lowest BCUT2D eigenvalue weighted by molar-refractivity contribution is 0.122. The molecule has 2 aliphatic heterocycles. The number of hydrogen-bond donors (Lipinski definition) is 2. The van der Waals surface area contributed by atoms with Gasteiger partial charge in [-0.1, -0.05) is 0 Å². The van der Waals surface area contributed by atoms with Gasteiger partial charge in [0.05, 0.1) is 37.4 Å². The van der Waals surface area contributed by atoms with E-state index < -0.39 is 0 Å². The van der Waals surface area contributed by atoms with E-state index in [-0.39, 0.29) is 6.61 Å². The van der Waals surface area contributed by atoms with Crippen LogP contribution in [0.2, 0.25) is 0 Å². The van der Waals surface area contributed by atoms with Gasteiger partial charge in [-0.25, -0.2) is 14.6 Å². The van der Waals surface area contributed by atoms with Crippen LogP contribution >= 0.6 is 0 Å². The molecule has 0 amide bonds. The molecule has 1 aromatic carbocycles. The first kappa shape index (κ1) is 20.6. The molecule has 0 saturated carbocycles. The third-order valence-corrected chi connectivity index (χ3v) is 6.87. The predicted octanol–water partition coefficient (Wildman–Crippen LogP) is 2.44. The van der Waals surface area contributed by atoms with E-state index >= 15 is 0 Å². The Morgan fingerprint density at radius 1 is 1.06 bits per heavy atom. The third-order valence-electron chi connectivity index (χ3n) is 6.87. The Morgan fingerprint density at radius 3 is 2.73 bits per heavy atom. The summed E-state index contributed by atoms with van der Waals surface area (Å²) in [5.74, 6) is 1.67. The molecule has 3 aromatic heterocycles. The van der Waals surface area contributed by atoms with Crippen LogP contribution < -0.4 is 4.90 Å². The average Bonchev–Trinajstić information content (AvgIpc) is 3.51. The Morgan fingerprint density at radius 2 is 1.91 bits per heavy atom. The van der Waals surface area contributed by atoms with Gasteiger partial charge in [-0.05, 0) is 37.1 Å². The highest BCUT2D eigenvalue weighted by Gasteiger charge is 2.26. The molecule has 0 bridgehead atoms. The second-order valence-corrected chi connectivity index (χ2v) is 8.87. The van der Waals surface area contributed by atoms with Crippen LogP contribution in [-0.4, -0.2) is 87.3 Å². The van der Waals surface area contributed by atoms with Crippen molar-refractivity contribution < 1.29 is 9.84 Å². The number of aromatic amines is 1. The summed E-state index contributed by atoms with van der Waals surface area (Å²) in [5, 5.41) is 16.2. The second-order valence-electron chi connectivity index (χ2n) is 8.87. The lowest BCUT2D eigenvalue weighted by atomic mass is 10.1. The van der Waals surface area contributed by atoms with Gasteiger partial charge in [0.15, 0.2) is 11.5 Å². The molecule has 0 atom stereocenters. The third kappa shape index (κ3) is 3.86. The summed E-state index contributed by atoms with van der Waals surface area (Å²) in [5.41, 5.74) is 3.01. The van der Waals surface area contributed by atoms with Crippen LogP contribution in [0, 0.1) is 0 Å². The molecule has 9 heteroatoms. The molecule has 0 aliphatic carbocycles. The minimum absolute atomic E-state index is 0.209. The topological polar surface area (TPSA) is 95.3 Å². The van der Waals surface area contributed by atoms with Crippen molar-refractivity contribution in [3.63, 3.8) is 0 Å².